The standard InChI is InChI=1S/C14H22N4O/c1-17(2)14(19)13-8-12(5-6-16-13)18-7-3-4-11(9-15)10-18/h5-6,8,11H,3-4,7,9-10,15H2,1-2H3. The summed E-state index contributed by atoms with van der Waals surface area (Å²) in [6.45, 7) is 2.72. The lowest BCUT2D eigenvalue weighted by molar-refractivity contribution is 0.0822. The smallest absolute Gasteiger partial charge is 0.272 e. The van der Waals surface area contributed by atoms with E-state index in [1.807, 2.05) is 12.1 Å². The molecule has 104 valence electrons. The number of amides is 1. The topological polar surface area (TPSA) is 62.5 Å². The maximum Gasteiger partial charge on any atom is 0.272 e. The molecule has 0 aromatic carbocycles. The van der Waals surface area contributed by atoms with Crippen molar-refractivity contribution in [3.63, 3.8) is 0 Å². The van der Waals surface area contributed by atoms with Gasteiger partial charge in [0, 0.05) is 39.1 Å². The van der Waals surface area contributed by atoms with Gasteiger partial charge in [0.1, 0.15) is 5.69 Å². The number of rotatable bonds is 3. The molecule has 19 heavy (non-hydrogen) atoms. The van der Waals surface area contributed by atoms with Crippen molar-refractivity contribution in [3.8, 4) is 0 Å². The Morgan fingerprint density at radius 1 is 1.58 bits per heavy atom. The van der Waals surface area contributed by atoms with Gasteiger partial charge in [-0.3, -0.25) is 9.78 Å². The third-order valence-corrected chi connectivity index (χ3v) is 3.59. The highest BCUT2D eigenvalue weighted by Crippen LogP contribution is 2.23. The zero-order valence-electron chi connectivity index (χ0n) is 11.7. The Kier molecular flexibility index (Phi) is 4.37. The molecule has 2 N–H and O–H groups in total. The molecule has 2 rings (SSSR count). The zero-order valence-corrected chi connectivity index (χ0v) is 11.7. The summed E-state index contributed by atoms with van der Waals surface area (Å²) in [6.07, 6.45) is 4.06. The van der Waals surface area contributed by atoms with Crippen molar-refractivity contribution in [2.24, 2.45) is 11.7 Å². The fourth-order valence-corrected chi connectivity index (χ4v) is 2.45. The number of carbonyl (C=O) groups is 1. The van der Waals surface area contributed by atoms with Crippen LogP contribution in [0.3, 0.4) is 0 Å². The van der Waals surface area contributed by atoms with E-state index in [-0.39, 0.29) is 5.91 Å². The van der Waals surface area contributed by atoms with Crippen LogP contribution < -0.4 is 10.6 Å². The van der Waals surface area contributed by atoms with E-state index in [0.717, 1.165) is 31.7 Å². The Bertz CT molecular complexity index is 447. The number of piperidine rings is 1. The Morgan fingerprint density at radius 3 is 3.05 bits per heavy atom. The first-order valence-electron chi connectivity index (χ1n) is 6.74. The maximum atomic E-state index is 11.9. The van der Waals surface area contributed by atoms with E-state index in [1.54, 1.807) is 25.2 Å². The highest BCUT2D eigenvalue weighted by atomic mass is 16.2. The quantitative estimate of drug-likeness (QED) is 0.881. The van der Waals surface area contributed by atoms with Crippen LogP contribution in [0.15, 0.2) is 18.3 Å². The fraction of sp³-hybridized carbons (Fsp3) is 0.571. The summed E-state index contributed by atoms with van der Waals surface area (Å²) in [5.41, 5.74) is 7.33. The number of hydrogen-bond donors (Lipinski definition) is 1. The van der Waals surface area contributed by atoms with E-state index in [1.165, 1.54) is 6.42 Å². The highest BCUT2D eigenvalue weighted by Gasteiger charge is 2.20. The van der Waals surface area contributed by atoms with Crippen molar-refractivity contribution in [3.05, 3.63) is 24.0 Å². The molecular formula is C14H22N4O. The zero-order chi connectivity index (χ0) is 13.8. The van der Waals surface area contributed by atoms with Crippen molar-refractivity contribution in [2.75, 3.05) is 38.6 Å². The number of aromatic nitrogens is 1. The van der Waals surface area contributed by atoms with Gasteiger partial charge in [-0.25, -0.2) is 0 Å². The predicted molar refractivity (Wildman–Crippen MR) is 76.2 cm³/mol. The van der Waals surface area contributed by atoms with Crippen LogP contribution in [-0.2, 0) is 0 Å². The average Bonchev–Trinajstić information content (AvgIpc) is 2.46. The summed E-state index contributed by atoms with van der Waals surface area (Å²) >= 11 is 0. The fourth-order valence-electron chi connectivity index (χ4n) is 2.45. The van der Waals surface area contributed by atoms with Crippen molar-refractivity contribution in [2.45, 2.75) is 12.8 Å². The third-order valence-electron chi connectivity index (χ3n) is 3.59. The van der Waals surface area contributed by atoms with Crippen molar-refractivity contribution in [1.29, 1.82) is 0 Å². The van der Waals surface area contributed by atoms with Crippen molar-refractivity contribution in [1.82, 2.24) is 9.88 Å². The minimum Gasteiger partial charge on any atom is -0.371 e. The molecule has 1 atom stereocenters. The van der Waals surface area contributed by atoms with Gasteiger partial charge in [-0.15, -0.1) is 0 Å². The molecule has 1 fully saturated rings. The molecule has 1 aromatic heterocycles. The minimum absolute atomic E-state index is 0.0609. The van der Waals surface area contributed by atoms with Crippen LogP contribution in [0, 0.1) is 5.92 Å². The lowest BCUT2D eigenvalue weighted by Crippen LogP contribution is -2.38. The SMILES string of the molecule is CN(C)C(=O)c1cc(N2CCCC(CN)C2)ccn1. The lowest BCUT2D eigenvalue weighted by Gasteiger charge is -2.34. The predicted octanol–water partition coefficient (Wildman–Crippen LogP) is 0.958. The van der Waals surface area contributed by atoms with Gasteiger partial charge in [0.25, 0.3) is 5.91 Å². The van der Waals surface area contributed by atoms with Crippen LogP contribution >= 0.6 is 0 Å². The van der Waals surface area contributed by atoms with E-state index in [9.17, 15) is 4.79 Å². The molecule has 1 aromatic rings. The summed E-state index contributed by atoms with van der Waals surface area (Å²) in [4.78, 5) is 19.9. The first kappa shape index (κ1) is 13.8. The van der Waals surface area contributed by atoms with E-state index < -0.39 is 0 Å². The molecule has 0 radical (unpaired) electrons. The van der Waals surface area contributed by atoms with Gasteiger partial charge in [-0.1, -0.05) is 0 Å². The molecule has 1 aliphatic rings. The van der Waals surface area contributed by atoms with E-state index in [4.69, 9.17) is 5.73 Å². The third kappa shape index (κ3) is 3.23. The van der Waals surface area contributed by atoms with Gasteiger partial charge in [0.2, 0.25) is 0 Å². The summed E-state index contributed by atoms with van der Waals surface area (Å²) in [5, 5.41) is 0. The normalized spacial score (nSPS) is 19.3. The van der Waals surface area contributed by atoms with E-state index in [0.29, 0.717) is 11.6 Å². The van der Waals surface area contributed by atoms with Gasteiger partial charge in [0.05, 0.1) is 0 Å². The van der Waals surface area contributed by atoms with Gasteiger partial charge < -0.3 is 15.5 Å². The van der Waals surface area contributed by atoms with Crippen LogP contribution in [0.4, 0.5) is 5.69 Å². The molecule has 2 heterocycles. The number of pyridine rings is 1. The largest absolute Gasteiger partial charge is 0.371 e. The molecule has 5 heteroatoms. The molecule has 0 spiro atoms. The van der Waals surface area contributed by atoms with Crippen LogP contribution in [-0.4, -0.2) is 49.5 Å². The Morgan fingerprint density at radius 2 is 2.37 bits per heavy atom. The monoisotopic (exact) mass is 262 g/mol. The summed E-state index contributed by atoms with van der Waals surface area (Å²) in [6, 6.07) is 3.84. The second kappa shape index (κ2) is 6.02. The number of hydrogen-bond acceptors (Lipinski definition) is 4. The highest BCUT2D eigenvalue weighted by molar-refractivity contribution is 5.92. The van der Waals surface area contributed by atoms with E-state index >= 15 is 0 Å². The number of anilines is 1. The van der Waals surface area contributed by atoms with Crippen molar-refractivity contribution < 1.29 is 4.79 Å². The van der Waals surface area contributed by atoms with Gasteiger partial charge >= 0.3 is 0 Å². The number of nitrogens with zero attached hydrogens (tertiary/aromatic N) is 3. The second-order valence-corrected chi connectivity index (χ2v) is 5.29. The minimum atomic E-state index is -0.0609. The molecular weight excluding hydrogens is 240 g/mol. The first-order valence-corrected chi connectivity index (χ1v) is 6.74. The maximum absolute atomic E-state index is 11.9. The first-order chi connectivity index (χ1) is 9.11. The molecule has 1 saturated heterocycles. The molecule has 0 bridgehead atoms. The lowest BCUT2D eigenvalue weighted by atomic mass is 9.98. The van der Waals surface area contributed by atoms with Gasteiger partial charge in [-0.05, 0) is 37.4 Å². The molecule has 1 amide bonds. The van der Waals surface area contributed by atoms with E-state index in [2.05, 4.69) is 9.88 Å². The van der Waals surface area contributed by atoms with Gasteiger partial charge in [0.15, 0.2) is 0 Å². The van der Waals surface area contributed by atoms with Crippen LogP contribution in [0.1, 0.15) is 23.3 Å². The molecule has 5 nitrogen and oxygen atoms in total. The Hall–Kier alpha value is -1.62. The number of carbonyl (C=O) groups excluding carboxylic acids is 1. The Labute approximate surface area is 114 Å². The summed E-state index contributed by atoms with van der Waals surface area (Å²) in [5.74, 6) is 0.490. The number of nitrogens with two attached hydrogens (primary N) is 1. The average molecular weight is 262 g/mol. The summed E-state index contributed by atoms with van der Waals surface area (Å²) < 4.78 is 0. The molecule has 0 aliphatic carbocycles. The molecule has 1 unspecified atom stereocenters. The van der Waals surface area contributed by atoms with Crippen LogP contribution in [0.25, 0.3) is 0 Å². The second-order valence-electron chi connectivity index (χ2n) is 5.29. The van der Waals surface area contributed by atoms with Gasteiger partial charge in [-0.2, -0.15) is 0 Å². The molecule has 1 aliphatic heterocycles. The Balaban J connectivity index is 2.16. The van der Waals surface area contributed by atoms with Crippen LogP contribution in [0.2, 0.25) is 0 Å². The van der Waals surface area contributed by atoms with Crippen molar-refractivity contribution >= 4 is 11.6 Å². The van der Waals surface area contributed by atoms with Crippen LogP contribution in [0.5, 0.6) is 0 Å². The summed E-state index contributed by atoms with van der Waals surface area (Å²) in [7, 11) is 3.48. The molecule has 0 saturated carbocycles.